The maximum atomic E-state index is 13.1. The van der Waals surface area contributed by atoms with Crippen molar-refractivity contribution < 1.29 is 52.0 Å². The number of hydrogen-bond donors (Lipinski definition) is 6. The van der Waals surface area contributed by atoms with Gasteiger partial charge in [-0.3, -0.25) is 18.1 Å². The fourth-order valence-electron chi connectivity index (χ4n) is 4.93. The van der Waals surface area contributed by atoms with Gasteiger partial charge in [0.25, 0.3) is 0 Å². The van der Waals surface area contributed by atoms with Gasteiger partial charge in [0, 0.05) is 6.42 Å². The normalized spacial score (nSPS) is 27.7. The van der Waals surface area contributed by atoms with Gasteiger partial charge in [0.2, 0.25) is 0 Å². The summed E-state index contributed by atoms with van der Waals surface area (Å²) in [6.07, 6.45) is -0.153. The lowest BCUT2D eigenvalue weighted by molar-refractivity contribution is -0.0497. The van der Waals surface area contributed by atoms with Crippen LogP contribution in [0.25, 0.3) is 22.3 Å². The predicted molar refractivity (Wildman–Crippen MR) is 141 cm³/mol. The van der Waals surface area contributed by atoms with Gasteiger partial charge >= 0.3 is 15.6 Å². The lowest BCUT2D eigenvalue weighted by atomic mass is 10.1. The van der Waals surface area contributed by atoms with Crippen molar-refractivity contribution in [3.05, 3.63) is 25.3 Å². The summed E-state index contributed by atoms with van der Waals surface area (Å²) in [6.45, 7) is -1.39. The molecular formula is C20H26N10O11P2. The van der Waals surface area contributed by atoms with Gasteiger partial charge in [-0.15, -0.1) is 0 Å². The summed E-state index contributed by atoms with van der Waals surface area (Å²) in [4.78, 5) is 53.4. The molecule has 0 spiro atoms. The number of fused-ring (bicyclic) bond motifs is 2. The summed E-state index contributed by atoms with van der Waals surface area (Å²) in [5, 5.41) is 10.6. The number of imidazole rings is 2. The predicted octanol–water partition coefficient (Wildman–Crippen LogP) is -0.970. The van der Waals surface area contributed by atoms with Gasteiger partial charge in [0.15, 0.2) is 22.9 Å². The van der Waals surface area contributed by atoms with Crippen molar-refractivity contribution in [3.8, 4) is 0 Å². The van der Waals surface area contributed by atoms with Crippen molar-refractivity contribution in [1.29, 1.82) is 0 Å². The molecule has 0 radical (unpaired) electrons. The molecule has 0 amide bonds. The van der Waals surface area contributed by atoms with Crippen molar-refractivity contribution in [2.24, 2.45) is 0 Å². The molecule has 6 heterocycles. The van der Waals surface area contributed by atoms with Gasteiger partial charge in [-0.05, 0) is 0 Å². The van der Waals surface area contributed by atoms with Crippen molar-refractivity contribution >= 4 is 49.6 Å². The van der Waals surface area contributed by atoms with E-state index in [0.717, 1.165) is 0 Å². The number of anilines is 2. The smallest absolute Gasteiger partial charge is 0.390 e. The summed E-state index contributed by atoms with van der Waals surface area (Å²) in [6, 6.07) is -0.879. The molecule has 6 rings (SSSR count). The average Bonchev–Trinajstić information content (AvgIpc) is 3.72. The fraction of sp³-hybridized carbons (Fsp3) is 0.500. The van der Waals surface area contributed by atoms with Crippen LogP contribution in [-0.4, -0.2) is 103 Å². The second-order valence-corrected chi connectivity index (χ2v) is 12.3. The Hall–Kier alpha value is -3.20. The number of nitrogens with two attached hydrogens (primary N) is 2. The Morgan fingerprint density at radius 3 is 2.14 bits per heavy atom. The molecule has 0 aliphatic carbocycles. The van der Waals surface area contributed by atoms with Crippen molar-refractivity contribution in [1.82, 2.24) is 39.0 Å². The number of aliphatic hydroxyl groups excluding tert-OH is 1. The van der Waals surface area contributed by atoms with E-state index in [4.69, 9.17) is 30.0 Å². The molecule has 232 valence electrons. The number of aliphatic hydroxyl groups is 1. The van der Waals surface area contributed by atoms with Crippen LogP contribution in [-0.2, 0) is 32.2 Å². The molecule has 8 N–H and O–H groups in total. The zero-order valence-corrected chi connectivity index (χ0v) is 23.7. The van der Waals surface area contributed by atoms with E-state index in [-0.39, 0.29) is 35.8 Å². The first-order valence-corrected chi connectivity index (χ1v) is 15.6. The van der Waals surface area contributed by atoms with Crippen LogP contribution in [0.2, 0.25) is 0 Å². The Balaban J connectivity index is 1.17. The first-order valence-electron chi connectivity index (χ1n) is 12.6. The van der Waals surface area contributed by atoms with E-state index in [9.17, 15) is 28.9 Å². The first-order chi connectivity index (χ1) is 20.4. The summed E-state index contributed by atoms with van der Waals surface area (Å²) in [5.74, 6) is 0.254. The van der Waals surface area contributed by atoms with Crippen LogP contribution in [0.15, 0.2) is 25.3 Å². The number of ether oxygens (including phenoxy) is 2. The maximum Gasteiger partial charge on any atom is 0.472 e. The van der Waals surface area contributed by atoms with E-state index < -0.39 is 65.5 Å². The zero-order valence-electron chi connectivity index (χ0n) is 21.9. The molecule has 0 bridgehead atoms. The molecule has 4 aromatic heterocycles. The minimum atomic E-state index is -4.93. The van der Waals surface area contributed by atoms with E-state index in [1.54, 1.807) is 4.57 Å². The van der Waals surface area contributed by atoms with Crippen LogP contribution in [0.5, 0.6) is 0 Å². The molecule has 2 saturated heterocycles. The molecule has 7 atom stereocenters. The number of rotatable bonds is 10. The van der Waals surface area contributed by atoms with Gasteiger partial charge in [-0.25, -0.2) is 39.0 Å². The molecule has 23 heteroatoms. The van der Waals surface area contributed by atoms with E-state index in [0.29, 0.717) is 11.2 Å². The van der Waals surface area contributed by atoms with Crippen molar-refractivity contribution in [3.63, 3.8) is 0 Å². The van der Waals surface area contributed by atoms with Gasteiger partial charge in [0.1, 0.15) is 48.2 Å². The van der Waals surface area contributed by atoms with E-state index in [1.165, 1.54) is 29.9 Å². The monoisotopic (exact) mass is 644 g/mol. The number of hydrogen-bond acceptors (Lipinski definition) is 16. The third kappa shape index (κ3) is 6.10. The van der Waals surface area contributed by atoms with E-state index >= 15 is 0 Å². The third-order valence-corrected chi connectivity index (χ3v) is 8.41. The van der Waals surface area contributed by atoms with Gasteiger partial charge in [0.05, 0.1) is 44.6 Å². The summed E-state index contributed by atoms with van der Waals surface area (Å²) < 4.78 is 54.2. The number of phosphoric ester groups is 2. The minimum absolute atomic E-state index is 0.0823. The van der Waals surface area contributed by atoms with Crippen LogP contribution < -0.4 is 11.5 Å². The number of nitrogens with zero attached hydrogens (tertiary/aromatic N) is 8. The van der Waals surface area contributed by atoms with Crippen LogP contribution in [0.4, 0.5) is 11.6 Å². The maximum absolute atomic E-state index is 13.1. The highest BCUT2D eigenvalue weighted by Gasteiger charge is 2.46. The zero-order chi connectivity index (χ0) is 30.5. The van der Waals surface area contributed by atoms with Crippen molar-refractivity contribution in [2.45, 2.75) is 43.1 Å². The largest absolute Gasteiger partial charge is 0.472 e. The lowest BCUT2D eigenvalue weighted by Crippen LogP contribution is -2.34. The van der Waals surface area contributed by atoms with E-state index in [2.05, 4.69) is 34.4 Å². The Bertz CT molecular complexity index is 1730. The SMILES string of the molecule is Nc1ncnc2c1ncn2[C@@H]1CO[C@H](COP(=O)(O)O)[C@H]1OP(=O)(O)OC[C@H]1O[C@@H](n2cnc3c(N)ncnc32)C[C@@H]1O. The Morgan fingerprint density at radius 2 is 1.49 bits per heavy atom. The highest BCUT2D eigenvalue weighted by Crippen LogP contribution is 2.50. The summed E-state index contributed by atoms with van der Waals surface area (Å²) in [5.41, 5.74) is 12.9. The molecule has 0 aromatic carbocycles. The van der Waals surface area contributed by atoms with Crippen LogP contribution in [0.1, 0.15) is 18.7 Å². The molecule has 2 fully saturated rings. The van der Waals surface area contributed by atoms with Crippen LogP contribution >= 0.6 is 15.6 Å². The van der Waals surface area contributed by atoms with Gasteiger partial charge in [-0.1, -0.05) is 0 Å². The highest BCUT2D eigenvalue weighted by atomic mass is 31.2. The Morgan fingerprint density at radius 1 is 0.884 bits per heavy atom. The molecule has 1 unspecified atom stereocenters. The first kappa shape index (κ1) is 29.9. The Labute approximate surface area is 240 Å². The van der Waals surface area contributed by atoms with E-state index in [1.807, 2.05) is 0 Å². The number of phosphoric acid groups is 2. The second kappa shape index (κ2) is 11.4. The second-order valence-electron chi connectivity index (χ2n) is 9.66. The van der Waals surface area contributed by atoms with Gasteiger partial charge < -0.3 is 45.3 Å². The molecule has 43 heavy (non-hydrogen) atoms. The number of nitrogen functional groups attached to an aromatic ring is 2. The summed E-state index contributed by atoms with van der Waals surface area (Å²) in [7, 11) is -9.85. The third-order valence-electron chi connectivity index (χ3n) is 6.94. The average molecular weight is 644 g/mol. The van der Waals surface area contributed by atoms with Crippen molar-refractivity contribution in [2.75, 3.05) is 31.3 Å². The Kier molecular flexibility index (Phi) is 7.90. The molecule has 21 nitrogen and oxygen atoms in total. The lowest BCUT2D eigenvalue weighted by Gasteiger charge is -2.26. The molecule has 2 aliphatic rings. The van der Waals surface area contributed by atoms with Gasteiger partial charge in [-0.2, -0.15) is 0 Å². The van der Waals surface area contributed by atoms with Crippen LogP contribution in [0, 0.1) is 0 Å². The molecule has 2 aliphatic heterocycles. The summed E-state index contributed by atoms with van der Waals surface area (Å²) >= 11 is 0. The highest BCUT2D eigenvalue weighted by molar-refractivity contribution is 7.47. The fourth-order valence-corrected chi connectivity index (χ4v) is 6.25. The molecule has 0 saturated carbocycles. The standard InChI is InChI=1S/C20H26N10O11P2/c21-17-14-19(25-5-23-17)29(7-27-14)9-2-37-12(4-38-42(32,33)34)16(9)41-43(35,36)39-3-11-10(31)1-13(40-11)30-8-28-15-18(22)24-6-26-20(15)30/h5-13,16,31H,1-4H2,(H,35,36)(H2,21,23,25)(H2,22,24,26)(H2,32,33,34)/t9-,10+,11-,12-,13-,16+/m1/s1. The minimum Gasteiger partial charge on any atom is -0.390 e. The van der Waals surface area contributed by atoms with Crippen LogP contribution in [0.3, 0.4) is 0 Å². The topological polar surface area (TPSA) is 300 Å². The quantitative estimate of drug-likeness (QED) is 0.113. The molecule has 4 aromatic rings. The molecular weight excluding hydrogens is 618 g/mol. The number of aromatic nitrogens is 8.